The monoisotopic (exact) mass is 572 g/mol. The smallest absolute Gasteiger partial charge is 0.422 e. The second kappa shape index (κ2) is 14.1. The van der Waals surface area contributed by atoms with E-state index in [1.807, 2.05) is 0 Å². The highest BCUT2D eigenvalue weighted by Crippen LogP contribution is 2.34. The van der Waals surface area contributed by atoms with Gasteiger partial charge in [-0.05, 0) is 53.8 Å². The van der Waals surface area contributed by atoms with Crippen molar-refractivity contribution in [2.75, 3.05) is 7.11 Å². The third-order valence-corrected chi connectivity index (χ3v) is 5.76. The number of hydrogen-bond acceptors (Lipinski definition) is 8. The summed E-state index contributed by atoms with van der Waals surface area (Å²) in [5, 5.41) is 9.12. The molecule has 3 aromatic rings. The molecule has 3 aromatic carbocycles. The molecule has 11 heteroatoms. The Morgan fingerprint density at radius 3 is 1.78 bits per heavy atom. The van der Waals surface area contributed by atoms with Crippen molar-refractivity contribution in [2.45, 2.75) is 38.5 Å². The predicted octanol–water partition coefficient (Wildman–Crippen LogP) is 5.29. The van der Waals surface area contributed by atoms with Gasteiger partial charge in [0.05, 0.1) is 13.7 Å². The normalized spacial score (nSPS) is 11.0. The molecule has 8 nitrogen and oxygen atoms in total. The summed E-state index contributed by atoms with van der Waals surface area (Å²) in [7, 11) is 1.52. The van der Waals surface area contributed by atoms with Crippen molar-refractivity contribution in [3.8, 4) is 23.0 Å². The van der Waals surface area contributed by atoms with E-state index in [0.29, 0.717) is 24.2 Å². The van der Waals surface area contributed by atoms with Crippen LogP contribution in [0.2, 0.25) is 0 Å². The van der Waals surface area contributed by atoms with Crippen LogP contribution in [0, 0.1) is 0 Å². The number of hydrogen-bond donors (Lipinski definition) is 1. The van der Waals surface area contributed by atoms with Crippen LogP contribution in [0.4, 0.5) is 13.2 Å². The Morgan fingerprint density at radius 1 is 0.732 bits per heavy atom. The molecule has 0 aromatic heterocycles. The van der Waals surface area contributed by atoms with Gasteiger partial charge in [0, 0.05) is 18.9 Å². The summed E-state index contributed by atoms with van der Waals surface area (Å²) in [5.74, 6) is -3.66. The van der Waals surface area contributed by atoms with E-state index in [1.54, 1.807) is 48.5 Å². The summed E-state index contributed by atoms with van der Waals surface area (Å²) in [6.45, 7) is 2.60. The maximum atomic E-state index is 13.0. The topological polar surface area (TPSA) is 108 Å². The van der Waals surface area contributed by atoms with Crippen LogP contribution in [0.1, 0.15) is 29.5 Å². The minimum Gasteiger partial charge on any atom is -0.497 e. The van der Waals surface area contributed by atoms with Crippen LogP contribution in [-0.2, 0) is 33.8 Å². The van der Waals surface area contributed by atoms with E-state index in [2.05, 4.69) is 6.58 Å². The summed E-state index contributed by atoms with van der Waals surface area (Å²) in [4.78, 5) is 36.9. The number of aliphatic hydroxyl groups excluding tert-OH is 1. The number of esters is 3. The summed E-state index contributed by atoms with van der Waals surface area (Å²) in [5.41, 5.74) is 0.566. The van der Waals surface area contributed by atoms with E-state index in [4.69, 9.17) is 24.1 Å². The van der Waals surface area contributed by atoms with Crippen LogP contribution < -0.4 is 18.9 Å². The van der Waals surface area contributed by atoms with Gasteiger partial charge in [0.25, 0.3) is 0 Å². The quantitative estimate of drug-likeness (QED) is 0.177. The van der Waals surface area contributed by atoms with Gasteiger partial charge in [-0.1, -0.05) is 43.0 Å². The predicted molar refractivity (Wildman–Crippen MR) is 141 cm³/mol. The number of carbonyl (C=O) groups is 3. The fraction of sp³-hybridized carbons (Fsp3) is 0.233. The second-order valence-electron chi connectivity index (χ2n) is 8.75. The van der Waals surface area contributed by atoms with E-state index in [9.17, 15) is 27.6 Å². The summed E-state index contributed by atoms with van der Waals surface area (Å²) >= 11 is 0. The van der Waals surface area contributed by atoms with Crippen molar-refractivity contribution in [3.05, 3.63) is 95.6 Å². The van der Waals surface area contributed by atoms with Gasteiger partial charge in [-0.2, -0.15) is 13.2 Å². The SMILES string of the molecule is C=C(C(=O)Oc1cc(OC(=O)CCc2ccc(CO)cc2)ccc1OC(=O)CCc1ccc(OC)cc1)C(F)(F)F. The van der Waals surface area contributed by atoms with Gasteiger partial charge in [-0.15, -0.1) is 0 Å². The molecule has 1 N–H and O–H groups in total. The van der Waals surface area contributed by atoms with Crippen LogP contribution in [0.3, 0.4) is 0 Å². The number of ether oxygens (including phenoxy) is 4. The molecule has 0 aliphatic carbocycles. The van der Waals surface area contributed by atoms with Crippen molar-refractivity contribution in [1.82, 2.24) is 0 Å². The van der Waals surface area contributed by atoms with Crippen molar-refractivity contribution >= 4 is 17.9 Å². The molecule has 0 aliphatic rings. The summed E-state index contributed by atoms with van der Waals surface area (Å²) in [6, 6.07) is 17.3. The maximum Gasteiger partial charge on any atom is 0.422 e. The van der Waals surface area contributed by atoms with Gasteiger partial charge >= 0.3 is 24.1 Å². The van der Waals surface area contributed by atoms with Gasteiger partial charge in [0.15, 0.2) is 11.5 Å². The fourth-order valence-electron chi connectivity index (χ4n) is 3.45. The first-order valence-corrected chi connectivity index (χ1v) is 12.3. The second-order valence-corrected chi connectivity index (χ2v) is 8.75. The molecule has 0 spiro atoms. The Kier molecular flexibility index (Phi) is 10.6. The largest absolute Gasteiger partial charge is 0.497 e. The van der Waals surface area contributed by atoms with Crippen LogP contribution in [0.15, 0.2) is 78.9 Å². The molecule has 41 heavy (non-hydrogen) atoms. The average Bonchev–Trinajstić information content (AvgIpc) is 2.96. The molecule has 0 unspecified atom stereocenters. The molecule has 216 valence electrons. The Bertz CT molecular complexity index is 1380. The van der Waals surface area contributed by atoms with Crippen LogP contribution in [0.25, 0.3) is 0 Å². The Balaban J connectivity index is 1.70. The Morgan fingerprint density at radius 2 is 1.24 bits per heavy atom. The highest BCUT2D eigenvalue weighted by Gasteiger charge is 2.38. The van der Waals surface area contributed by atoms with Gasteiger partial charge in [-0.3, -0.25) is 9.59 Å². The molecule has 0 heterocycles. The number of halogens is 3. The lowest BCUT2D eigenvalue weighted by molar-refractivity contribution is -0.143. The number of methoxy groups -OCH3 is 1. The molecular weight excluding hydrogens is 545 g/mol. The number of benzene rings is 3. The van der Waals surface area contributed by atoms with Gasteiger partial charge in [-0.25, -0.2) is 4.79 Å². The zero-order chi connectivity index (χ0) is 30.0. The van der Waals surface area contributed by atoms with E-state index in [0.717, 1.165) is 23.3 Å². The summed E-state index contributed by atoms with van der Waals surface area (Å²) in [6.07, 6.45) is -4.57. The fourth-order valence-corrected chi connectivity index (χ4v) is 3.45. The van der Waals surface area contributed by atoms with Crippen molar-refractivity contribution in [3.63, 3.8) is 0 Å². The van der Waals surface area contributed by atoms with Crippen molar-refractivity contribution in [1.29, 1.82) is 0 Å². The highest BCUT2D eigenvalue weighted by atomic mass is 19.4. The molecule has 0 atom stereocenters. The van der Waals surface area contributed by atoms with Crippen molar-refractivity contribution < 1.29 is 51.6 Å². The minimum atomic E-state index is -5.05. The Labute approximate surface area is 233 Å². The van der Waals surface area contributed by atoms with E-state index in [-0.39, 0.29) is 30.9 Å². The lowest BCUT2D eigenvalue weighted by atomic mass is 10.1. The van der Waals surface area contributed by atoms with E-state index in [1.165, 1.54) is 13.2 Å². The zero-order valence-corrected chi connectivity index (χ0v) is 22.0. The van der Waals surface area contributed by atoms with Crippen molar-refractivity contribution in [2.24, 2.45) is 0 Å². The third kappa shape index (κ3) is 9.50. The first-order valence-electron chi connectivity index (χ1n) is 12.3. The average molecular weight is 573 g/mol. The standard InChI is InChI=1S/C30H27F3O8/c1-19(30(31,32)33)29(37)41-26-17-24(39-27(35)15-9-20-3-5-22(18-34)6-4-20)13-14-25(26)40-28(36)16-10-21-7-11-23(38-2)12-8-21/h3-8,11-14,17,34H,1,9-10,15-16,18H2,2H3. The van der Waals surface area contributed by atoms with Crippen LogP contribution in [0.5, 0.6) is 23.0 Å². The van der Waals surface area contributed by atoms with Gasteiger partial charge in [0.1, 0.15) is 17.1 Å². The molecule has 0 saturated heterocycles. The molecule has 0 aliphatic heterocycles. The van der Waals surface area contributed by atoms with Gasteiger partial charge in [0.2, 0.25) is 0 Å². The summed E-state index contributed by atoms with van der Waals surface area (Å²) < 4.78 is 59.3. The minimum absolute atomic E-state index is 0.0411. The van der Waals surface area contributed by atoms with Crippen LogP contribution >= 0.6 is 0 Å². The number of aryl methyl sites for hydroxylation is 2. The maximum absolute atomic E-state index is 13.0. The van der Waals surface area contributed by atoms with Crippen LogP contribution in [-0.4, -0.2) is 36.3 Å². The Hall–Kier alpha value is -4.64. The zero-order valence-electron chi connectivity index (χ0n) is 22.0. The molecule has 3 rings (SSSR count). The molecule has 0 amide bonds. The van der Waals surface area contributed by atoms with Gasteiger partial charge < -0.3 is 24.1 Å². The van der Waals surface area contributed by atoms with E-state index < -0.39 is 35.4 Å². The number of rotatable bonds is 12. The molecule has 0 bridgehead atoms. The third-order valence-electron chi connectivity index (χ3n) is 5.76. The molecule has 0 radical (unpaired) electrons. The van der Waals surface area contributed by atoms with E-state index >= 15 is 0 Å². The first-order chi connectivity index (χ1) is 19.5. The lowest BCUT2D eigenvalue weighted by Crippen LogP contribution is -2.23. The molecule has 0 saturated carbocycles. The number of alkyl halides is 3. The lowest BCUT2D eigenvalue weighted by Gasteiger charge is -2.14. The first kappa shape index (κ1) is 30.9. The molecule has 0 fully saturated rings. The highest BCUT2D eigenvalue weighted by molar-refractivity contribution is 5.91. The number of carbonyl (C=O) groups excluding carboxylic acids is 3. The molecular formula is C30H27F3O8. The number of aliphatic hydroxyl groups is 1.